The molecule has 17 unspecified atom stereocenters. The van der Waals surface area contributed by atoms with Crippen LogP contribution in [0.25, 0.3) is 0 Å². The zero-order valence-electron chi connectivity index (χ0n) is 63.3. The van der Waals surface area contributed by atoms with Crippen molar-refractivity contribution in [1.29, 1.82) is 0 Å². The third-order valence-electron chi connectivity index (χ3n) is 19.3. The van der Waals surface area contributed by atoms with E-state index in [1.54, 1.807) is 6.08 Å². The highest BCUT2D eigenvalue weighted by molar-refractivity contribution is 5.76. The minimum atomic E-state index is -1.99. The average Bonchev–Trinajstić information content (AvgIpc) is 0.781. The highest BCUT2D eigenvalue weighted by Crippen LogP contribution is 2.33. The van der Waals surface area contributed by atoms with Crippen molar-refractivity contribution in [1.82, 2.24) is 5.32 Å². The Morgan fingerprint density at radius 1 is 0.359 bits per heavy atom. The van der Waals surface area contributed by atoms with E-state index in [1.165, 1.54) is 154 Å². The van der Waals surface area contributed by atoms with Crippen molar-refractivity contribution in [3.05, 3.63) is 122 Å². The molecule has 19 nitrogen and oxygen atoms in total. The molecule has 3 rings (SSSR count). The standard InChI is InChI=1S/C84H143NO18/c1-3-5-7-9-11-13-15-17-19-21-23-25-27-29-31-33-35-37-39-41-43-45-47-49-51-53-55-57-59-61-68(89)67(85-72(90)62-60-58-56-54-52-50-48-46-44-42-40-38-36-34-32-30-28-26-24-22-20-18-16-14-12-10-8-6-4-2)66-98-82-78(96)75(93)80(70(64-87)100-82)103-84-79(97)76(94)81(71(65-88)101-84)102-83-77(95)74(92)73(91)69(63-86)99-83/h6,8,12,14,18,20,24,26,30,32,36,38,42,44,48,50,54,56,59,61,67-71,73-84,86-89,91-97H,3-5,7,9-11,13,15-17,19,21-23,25,27-29,31,33-35,37,39-41,43,45-47,49,51-53,55,57-58,60,62-66H2,1-2H3,(H,85,90)/b8-6-,14-12-,20-18-,26-24-,32-30-,38-36-,44-42-,50-48-,56-54-,61-59+. The largest absolute Gasteiger partial charge is 0.394 e. The fourth-order valence-corrected chi connectivity index (χ4v) is 12.8. The lowest BCUT2D eigenvalue weighted by Crippen LogP contribution is -2.66. The molecule has 0 aliphatic carbocycles. The van der Waals surface area contributed by atoms with Gasteiger partial charge in [-0.05, 0) is 83.5 Å². The summed E-state index contributed by atoms with van der Waals surface area (Å²) in [5.41, 5.74) is 0. The van der Waals surface area contributed by atoms with E-state index in [-0.39, 0.29) is 18.9 Å². The number of unbranched alkanes of at least 4 members (excludes halogenated alkanes) is 28. The Kier molecular flexibility index (Phi) is 57.3. The molecule has 0 radical (unpaired) electrons. The number of aliphatic hydroxyl groups excluding tert-OH is 11. The van der Waals surface area contributed by atoms with Crippen molar-refractivity contribution in [2.45, 2.75) is 375 Å². The van der Waals surface area contributed by atoms with Crippen molar-refractivity contribution >= 4 is 5.91 Å². The van der Waals surface area contributed by atoms with Gasteiger partial charge in [0.25, 0.3) is 0 Å². The number of amides is 1. The molecule has 12 N–H and O–H groups in total. The van der Waals surface area contributed by atoms with Crippen LogP contribution in [0.1, 0.15) is 271 Å². The zero-order chi connectivity index (χ0) is 74.6. The Hall–Kier alpha value is -3.81. The molecule has 0 spiro atoms. The molecule has 0 bridgehead atoms. The van der Waals surface area contributed by atoms with E-state index in [0.29, 0.717) is 12.8 Å². The number of hydrogen-bond acceptors (Lipinski definition) is 18. The van der Waals surface area contributed by atoms with Gasteiger partial charge in [-0.2, -0.15) is 0 Å². The fraction of sp³-hybridized carbons (Fsp3) is 0.750. The van der Waals surface area contributed by atoms with Crippen LogP contribution < -0.4 is 5.32 Å². The molecule has 103 heavy (non-hydrogen) atoms. The molecule has 0 aromatic heterocycles. The molecule has 0 saturated carbocycles. The lowest BCUT2D eigenvalue weighted by Gasteiger charge is -2.48. The van der Waals surface area contributed by atoms with E-state index >= 15 is 0 Å². The number of carbonyl (C=O) groups excluding carboxylic acids is 1. The second kappa shape index (κ2) is 63.2. The van der Waals surface area contributed by atoms with Crippen molar-refractivity contribution in [3.63, 3.8) is 0 Å². The van der Waals surface area contributed by atoms with Gasteiger partial charge in [-0.3, -0.25) is 4.79 Å². The molecule has 592 valence electrons. The van der Waals surface area contributed by atoms with Crippen molar-refractivity contribution in [2.24, 2.45) is 0 Å². The summed E-state index contributed by atoms with van der Waals surface area (Å²) >= 11 is 0. The van der Waals surface area contributed by atoms with Gasteiger partial charge in [0.2, 0.25) is 5.91 Å². The first-order valence-electron chi connectivity index (χ1n) is 40.3. The van der Waals surface area contributed by atoms with Gasteiger partial charge in [0.05, 0.1) is 38.6 Å². The fourth-order valence-electron chi connectivity index (χ4n) is 12.8. The van der Waals surface area contributed by atoms with E-state index < -0.39 is 124 Å². The summed E-state index contributed by atoms with van der Waals surface area (Å²) in [6, 6.07) is -1.02. The third-order valence-corrected chi connectivity index (χ3v) is 19.3. The van der Waals surface area contributed by atoms with Gasteiger partial charge in [0, 0.05) is 6.42 Å². The molecular weight excluding hydrogens is 1310 g/mol. The lowest BCUT2D eigenvalue weighted by atomic mass is 9.96. The maximum atomic E-state index is 13.4. The summed E-state index contributed by atoms with van der Waals surface area (Å²) in [5, 5.41) is 121. The van der Waals surface area contributed by atoms with Gasteiger partial charge < -0.3 is 89.9 Å². The highest BCUT2D eigenvalue weighted by atomic mass is 16.8. The zero-order valence-corrected chi connectivity index (χ0v) is 63.3. The summed E-state index contributed by atoms with van der Waals surface area (Å²) in [7, 11) is 0. The van der Waals surface area contributed by atoms with E-state index in [4.69, 9.17) is 28.4 Å². The quantitative estimate of drug-likeness (QED) is 0.0199. The summed E-state index contributed by atoms with van der Waals surface area (Å²) in [6.45, 7) is 1.60. The van der Waals surface area contributed by atoms with Gasteiger partial charge in [-0.15, -0.1) is 0 Å². The van der Waals surface area contributed by atoms with Crippen LogP contribution in [0.15, 0.2) is 122 Å². The number of allylic oxidation sites excluding steroid dienone is 19. The van der Waals surface area contributed by atoms with E-state index in [1.807, 2.05) is 12.2 Å². The smallest absolute Gasteiger partial charge is 0.220 e. The second-order valence-electron chi connectivity index (χ2n) is 28.1. The van der Waals surface area contributed by atoms with Crippen LogP contribution in [-0.2, 0) is 33.2 Å². The molecule has 0 aromatic rings. The first-order valence-corrected chi connectivity index (χ1v) is 40.3. The second-order valence-corrected chi connectivity index (χ2v) is 28.1. The van der Waals surface area contributed by atoms with Crippen LogP contribution in [0, 0.1) is 0 Å². The minimum Gasteiger partial charge on any atom is -0.394 e. The predicted octanol–water partition coefficient (Wildman–Crippen LogP) is 13.5. The minimum absolute atomic E-state index is 0.155. The monoisotopic (exact) mass is 1450 g/mol. The highest BCUT2D eigenvalue weighted by Gasteiger charge is 2.54. The number of rotatable bonds is 62. The first kappa shape index (κ1) is 93.4. The van der Waals surface area contributed by atoms with E-state index in [0.717, 1.165) is 83.5 Å². The molecule has 0 aromatic carbocycles. The van der Waals surface area contributed by atoms with Gasteiger partial charge in [-0.1, -0.05) is 302 Å². The summed E-state index contributed by atoms with van der Waals surface area (Å²) in [4.78, 5) is 13.4. The number of ether oxygens (including phenoxy) is 6. The Morgan fingerprint density at radius 2 is 0.670 bits per heavy atom. The number of carbonyl (C=O) groups is 1. The van der Waals surface area contributed by atoms with E-state index in [2.05, 4.69) is 122 Å². The van der Waals surface area contributed by atoms with Crippen LogP contribution >= 0.6 is 0 Å². The number of aliphatic hydroxyl groups is 11. The van der Waals surface area contributed by atoms with Crippen LogP contribution in [0.2, 0.25) is 0 Å². The summed E-state index contributed by atoms with van der Waals surface area (Å²) in [5.74, 6) is -0.335. The van der Waals surface area contributed by atoms with Gasteiger partial charge >= 0.3 is 0 Å². The van der Waals surface area contributed by atoms with Crippen LogP contribution in [0.5, 0.6) is 0 Å². The normalized spacial score (nSPS) is 26.7. The van der Waals surface area contributed by atoms with Crippen molar-refractivity contribution in [3.8, 4) is 0 Å². The van der Waals surface area contributed by atoms with Crippen molar-refractivity contribution < 1.29 is 89.4 Å². The van der Waals surface area contributed by atoms with Gasteiger partial charge in [0.1, 0.15) is 73.2 Å². The summed E-state index contributed by atoms with van der Waals surface area (Å²) < 4.78 is 34.4. The Labute approximate surface area is 620 Å². The Bertz CT molecular complexity index is 2330. The average molecular weight is 1460 g/mol. The predicted molar refractivity (Wildman–Crippen MR) is 410 cm³/mol. The number of hydrogen-bond donors (Lipinski definition) is 12. The topological polar surface area (TPSA) is 307 Å². The molecular formula is C84H143NO18. The van der Waals surface area contributed by atoms with Gasteiger partial charge in [-0.25, -0.2) is 0 Å². The molecule has 19 heteroatoms. The van der Waals surface area contributed by atoms with Crippen LogP contribution in [0.4, 0.5) is 0 Å². The lowest BCUT2D eigenvalue weighted by molar-refractivity contribution is -0.379. The number of nitrogens with one attached hydrogen (secondary N) is 1. The molecule has 3 heterocycles. The summed E-state index contributed by atoms with van der Waals surface area (Å²) in [6.07, 6.45) is 61.9. The van der Waals surface area contributed by atoms with Gasteiger partial charge in [0.15, 0.2) is 18.9 Å². The van der Waals surface area contributed by atoms with E-state index in [9.17, 15) is 61.0 Å². The maximum absolute atomic E-state index is 13.4. The Balaban J connectivity index is 1.41. The molecule has 17 atom stereocenters. The van der Waals surface area contributed by atoms with Crippen molar-refractivity contribution in [2.75, 3.05) is 26.4 Å². The maximum Gasteiger partial charge on any atom is 0.220 e. The molecule has 1 amide bonds. The Morgan fingerprint density at radius 3 is 1.04 bits per heavy atom. The SMILES string of the molecule is CC/C=C\C/C=C\C/C=C\C/C=C\C/C=C\C/C=C\C/C=C\C/C=C\C/C=C\CCCC(=O)NC(COC1OC(CO)C(OC2OC(CO)C(OC3OC(CO)C(O)C(O)C3O)C(O)C2O)C(O)C1O)C(O)/C=C/CCCCCCCCCCCCCCCCCCCCCCCCCCCCC. The molecule has 3 aliphatic heterocycles. The molecule has 3 saturated heterocycles. The van der Waals surface area contributed by atoms with Crippen LogP contribution in [0.3, 0.4) is 0 Å². The molecule has 3 aliphatic rings. The first-order chi connectivity index (χ1) is 50.3. The third kappa shape index (κ3) is 43.1. The van der Waals surface area contributed by atoms with Crippen LogP contribution in [-0.4, -0.2) is 193 Å². The molecule has 3 fully saturated rings.